The summed E-state index contributed by atoms with van der Waals surface area (Å²) in [5.41, 5.74) is 0.869. The fraction of sp³-hybridized carbons (Fsp3) is 0.476. The molecule has 2 atom stereocenters. The molecule has 4 rings (SSSR count). The van der Waals surface area contributed by atoms with E-state index in [9.17, 15) is 14.4 Å². The van der Waals surface area contributed by atoms with Crippen LogP contribution in [0, 0.1) is 5.41 Å². The monoisotopic (exact) mass is 353 g/mol. The summed E-state index contributed by atoms with van der Waals surface area (Å²) in [6.07, 6.45) is 3.43. The maximum Gasteiger partial charge on any atom is 0.324 e. The van der Waals surface area contributed by atoms with Gasteiger partial charge in [-0.2, -0.15) is 0 Å². The number of hydrogen-bond acceptors (Lipinski definition) is 4. The lowest BCUT2D eigenvalue weighted by molar-refractivity contribution is -0.169. The molecule has 3 aliphatic rings. The highest BCUT2D eigenvalue weighted by molar-refractivity contribution is 6.34. The minimum atomic E-state index is -1.37. The van der Waals surface area contributed by atoms with Crippen molar-refractivity contribution >= 4 is 28.9 Å². The van der Waals surface area contributed by atoms with E-state index < -0.39 is 17.0 Å². The van der Waals surface area contributed by atoms with Crippen molar-refractivity contribution in [3.05, 3.63) is 35.4 Å². The predicted octanol–water partition coefficient (Wildman–Crippen LogP) is 3.22. The van der Waals surface area contributed by atoms with Crippen molar-refractivity contribution in [1.29, 1.82) is 0 Å². The van der Waals surface area contributed by atoms with E-state index in [-0.39, 0.29) is 17.6 Å². The second-order valence-corrected chi connectivity index (χ2v) is 8.45. The van der Waals surface area contributed by atoms with Gasteiger partial charge in [0.25, 0.3) is 5.91 Å². The minimum absolute atomic E-state index is 0.135. The molecule has 1 fully saturated rings. The fourth-order valence-electron chi connectivity index (χ4n) is 4.42. The van der Waals surface area contributed by atoms with Crippen molar-refractivity contribution in [2.75, 3.05) is 11.9 Å². The molecule has 26 heavy (non-hydrogen) atoms. The van der Waals surface area contributed by atoms with Crippen LogP contribution in [0.2, 0.25) is 0 Å². The molecule has 0 radical (unpaired) electrons. The second-order valence-electron chi connectivity index (χ2n) is 8.45. The van der Waals surface area contributed by atoms with Crippen LogP contribution < -0.4 is 4.90 Å². The lowest BCUT2D eigenvalue weighted by atomic mass is 9.67. The van der Waals surface area contributed by atoms with Gasteiger partial charge in [0, 0.05) is 24.1 Å². The van der Waals surface area contributed by atoms with Gasteiger partial charge in [0.1, 0.15) is 11.0 Å². The van der Waals surface area contributed by atoms with E-state index in [0.29, 0.717) is 18.4 Å². The molecule has 5 heteroatoms. The second kappa shape index (κ2) is 5.29. The molecule has 2 aliphatic carbocycles. The zero-order chi connectivity index (χ0) is 18.9. The van der Waals surface area contributed by atoms with Crippen LogP contribution in [-0.2, 0) is 19.1 Å². The van der Waals surface area contributed by atoms with Gasteiger partial charge in [0.2, 0.25) is 0 Å². The molecule has 0 N–H and O–H groups in total. The number of ether oxygens (including phenoxy) is 1. The SMILES string of the molecule is CN1C(=O)C2=C[C@@]3(C(=O)OC(C)(C)C)CCC[C@H](C3=O)c3cccc1c32. The highest BCUT2D eigenvalue weighted by Gasteiger charge is 2.55. The fourth-order valence-corrected chi connectivity index (χ4v) is 4.42. The lowest BCUT2D eigenvalue weighted by Crippen LogP contribution is -2.46. The number of anilines is 1. The number of carbonyl (C=O) groups excluding carboxylic acids is 3. The van der Waals surface area contributed by atoms with Crippen LogP contribution in [-0.4, -0.2) is 30.3 Å². The Kier molecular flexibility index (Phi) is 3.46. The number of fused-ring (bicyclic) bond motifs is 3. The molecule has 1 aliphatic heterocycles. The van der Waals surface area contributed by atoms with E-state index in [4.69, 9.17) is 4.74 Å². The number of hydrogen-bond donors (Lipinski definition) is 0. The molecular formula is C21H23NO4. The maximum absolute atomic E-state index is 13.4. The van der Waals surface area contributed by atoms with Gasteiger partial charge in [0.15, 0.2) is 5.78 Å². The number of esters is 1. The summed E-state index contributed by atoms with van der Waals surface area (Å²) in [7, 11) is 1.73. The molecule has 0 spiro atoms. The lowest BCUT2D eigenvalue weighted by Gasteiger charge is -2.36. The van der Waals surface area contributed by atoms with E-state index in [0.717, 1.165) is 23.2 Å². The minimum Gasteiger partial charge on any atom is -0.459 e. The van der Waals surface area contributed by atoms with Gasteiger partial charge in [-0.15, -0.1) is 0 Å². The molecule has 5 nitrogen and oxygen atoms in total. The summed E-state index contributed by atoms with van der Waals surface area (Å²) in [6.45, 7) is 5.37. The van der Waals surface area contributed by atoms with Crippen LogP contribution in [0.15, 0.2) is 24.3 Å². The maximum atomic E-state index is 13.4. The van der Waals surface area contributed by atoms with Gasteiger partial charge in [-0.05, 0) is 51.3 Å². The molecule has 1 amide bonds. The Bertz CT molecular complexity index is 876. The molecule has 0 unspecified atom stereocenters. The van der Waals surface area contributed by atoms with Crippen molar-refractivity contribution in [3.8, 4) is 0 Å². The van der Waals surface area contributed by atoms with Gasteiger partial charge in [0.05, 0.1) is 5.69 Å². The molecule has 2 bridgehead atoms. The van der Waals surface area contributed by atoms with Gasteiger partial charge >= 0.3 is 5.97 Å². The summed E-state index contributed by atoms with van der Waals surface area (Å²) < 4.78 is 5.62. The smallest absolute Gasteiger partial charge is 0.324 e. The standard InChI is InChI=1S/C21H23NO4/c1-20(2,3)26-19(25)21-10-6-8-13(17(21)23)12-7-5-9-15-16(12)14(11-21)18(24)22(15)4/h5,7,9,11,13H,6,8,10H2,1-4H3/t13-,21-/m0/s1. The third-order valence-corrected chi connectivity index (χ3v) is 5.59. The molecule has 1 heterocycles. The summed E-state index contributed by atoms with van der Waals surface area (Å²) in [6, 6.07) is 5.68. The number of nitrogens with zero attached hydrogens (tertiary/aromatic N) is 1. The van der Waals surface area contributed by atoms with Gasteiger partial charge in [-0.3, -0.25) is 14.4 Å². The number of amides is 1. The number of carbonyl (C=O) groups is 3. The number of ketones is 1. The summed E-state index contributed by atoms with van der Waals surface area (Å²) in [5, 5.41) is 0. The first kappa shape index (κ1) is 17.0. The third kappa shape index (κ3) is 2.19. The van der Waals surface area contributed by atoms with Crippen LogP contribution in [0.5, 0.6) is 0 Å². The van der Waals surface area contributed by atoms with E-state index in [1.807, 2.05) is 18.2 Å². The van der Waals surface area contributed by atoms with Gasteiger partial charge < -0.3 is 9.64 Å². The number of likely N-dealkylation sites (N-methyl/N-ethyl adjacent to an activating group) is 1. The molecule has 0 saturated heterocycles. The number of rotatable bonds is 1. The van der Waals surface area contributed by atoms with Crippen LogP contribution in [0.4, 0.5) is 5.69 Å². The zero-order valence-electron chi connectivity index (χ0n) is 15.6. The number of benzene rings is 1. The summed E-state index contributed by atoms with van der Waals surface area (Å²) >= 11 is 0. The van der Waals surface area contributed by atoms with Crippen LogP contribution >= 0.6 is 0 Å². The van der Waals surface area contributed by atoms with Crippen LogP contribution in [0.3, 0.4) is 0 Å². The molecule has 1 aromatic rings. The summed E-state index contributed by atoms with van der Waals surface area (Å²) in [5.74, 6) is -1.22. The van der Waals surface area contributed by atoms with Crippen molar-refractivity contribution in [1.82, 2.24) is 0 Å². The van der Waals surface area contributed by atoms with E-state index in [1.54, 1.807) is 38.8 Å². The molecular weight excluding hydrogens is 330 g/mol. The van der Waals surface area contributed by atoms with Gasteiger partial charge in [-0.1, -0.05) is 18.6 Å². The Hall–Kier alpha value is -2.43. The summed E-state index contributed by atoms with van der Waals surface area (Å²) in [4.78, 5) is 41.0. The first-order valence-electron chi connectivity index (χ1n) is 9.08. The zero-order valence-corrected chi connectivity index (χ0v) is 15.6. The van der Waals surface area contributed by atoms with Crippen molar-refractivity contribution in [3.63, 3.8) is 0 Å². The quantitative estimate of drug-likeness (QED) is 0.574. The molecule has 1 aromatic carbocycles. The van der Waals surface area contributed by atoms with E-state index >= 15 is 0 Å². The Balaban J connectivity index is 1.96. The first-order chi connectivity index (χ1) is 12.2. The Morgan fingerprint density at radius 1 is 1.27 bits per heavy atom. The Labute approximate surface area is 153 Å². The topological polar surface area (TPSA) is 63.7 Å². The number of Topliss-reactive ketones (excluding diaryl/α,β-unsaturated/α-hetero) is 1. The third-order valence-electron chi connectivity index (χ3n) is 5.59. The van der Waals surface area contributed by atoms with Crippen LogP contribution in [0.1, 0.15) is 57.1 Å². The average molecular weight is 353 g/mol. The Morgan fingerprint density at radius 2 is 2.00 bits per heavy atom. The van der Waals surface area contributed by atoms with Gasteiger partial charge in [-0.25, -0.2) is 0 Å². The molecule has 1 saturated carbocycles. The van der Waals surface area contributed by atoms with Crippen molar-refractivity contribution in [2.24, 2.45) is 5.41 Å². The largest absolute Gasteiger partial charge is 0.459 e. The average Bonchev–Trinajstić information content (AvgIpc) is 2.78. The Morgan fingerprint density at radius 3 is 2.69 bits per heavy atom. The highest BCUT2D eigenvalue weighted by Crippen LogP contribution is 2.52. The first-order valence-corrected chi connectivity index (χ1v) is 9.08. The van der Waals surface area contributed by atoms with Crippen LogP contribution in [0.25, 0.3) is 5.57 Å². The molecule has 0 aromatic heterocycles. The molecule has 136 valence electrons. The van der Waals surface area contributed by atoms with E-state index in [1.165, 1.54) is 0 Å². The predicted molar refractivity (Wildman–Crippen MR) is 97.7 cm³/mol. The normalized spacial score (nSPS) is 27.0. The van der Waals surface area contributed by atoms with E-state index in [2.05, 4.69) is 0 Å². The van der Waals surface area contributed by atoms with Crippen molar-refractivity contribution in [2.45, 2.75) is 51.6 Å². The highest BCUT2D eigenvalue weighted by atomic mass is 16.6. The van der Waals surface area contributed by atoms with Crippen molar-refractivity contribution < 1.29 is 19.1 Å².